The first-order valence-corrected chi connectivity index (χ1v) is 9.42. The minimum atomic E-state index is -0.761. The van der Waals surface area contributed by atoms with Gasteiger partial charge >= 0.3 is 0 Å². The minimum absolute atomic E-state index is 0.0766. The highest BCUT2D eigenvalue weighted by Crippen LogP contribution is 2.24. The van der Waals surface area contributed by atoms with E-state index < -0.39 is 15.8 Å². The average Bonchev–Trinajstić information content (AvgIpc) is 3.04. The predicted molar refractivity (Wildman–Crippen MR) is 106 cm³/mol. The SMILES string of the molecule is CCOCCn1c(=NC(=O)c2ccccc2[N+](=O)[O-])sc2cc([N+](=O)[O-])ccc21. The van der Waals surface area contributed by atoms with E-state index in [9.17, 15) is 25.0 Å². The molecule has 1 heterocycles. The zero-order valence-electron chi connectivity index (χ0n) is 15.3. The third kappa shape index (κ3) is 4.36. The number of ether oxygens (including phenoxy) is 1. The van der Waals surface area contributed by atoms with Crippen LogP contribution in [0.25, 0.3) is 10.2 Å². The zero-order valence-corrected chi connectivity index (χ0v) is 16.1. The van der Waals surface area contributed by atoms with E-state index in [-0.39, 0.29) is 21.7 Å². The van der Waals surface area contributed by atoms with Gasteiger partial charge in [0.2, 0.25) is 0 Å². The molecule has 2 aromatic carbocycles. The van der Waals surface area contributed by atoms with Crippen LogP contribution in [0.2, 0.25) is 0 Å². The lowest BCUT2D eigenvalue weighted by molar-refractivity contribution is -0.385. The van der Waals surface area contributed by atoms with E-state index in [0.717, 1.165) is 11.3 Å². The molecule has 0 saturated heterocycles. The number of non-ortho nitro benzene ring substituents is 1. The molecule has 0 aliphatic heterocycles. The Morgan fingerprint density at radius 3 is 2.62 bits per heavy atom. The summed E-state index contributed by atoms with van der Waals surface area (Å²) in [5, 5.41) is 22.2. The average molecular weight is 416 g/mol. The molecule has 10 nitrogen and oxygen atoms in total. The number of nitro groups is 2. The number of carbonyl (C=O) groups excluding carboxylic acids is 1. The van der Waals surface area contributed by atoms with Gasteiger partial charge in [-0.15, -0.1) is 0 Å². The van der Waals surface area contributed by atoms with E-state index in [2.05, 4.69) is 4.99 Å². The molecule has 0 atom stereocenters. The maximum atomic E-state index is 12.7. The summed E-state index contributed by atoms with van der Waals surface area (Å²) in [4.78, 5) is 38.1. The fourth-order valence-electron chi connectivity index (χ4n) is 2.74. The molecule has 3 aromatic rings. The summed E-state index contributed by atoms with van der Waals surface area (Å²) in [6, 6.07) is 9.94. The molecule has 0 aliphatic carbocycles. The predicted octanol–water partition coefficient (Wildman–Crippen LogP) is 3.30. The van der Waals surface area contributed by atoms with Crippen molar-refractivity contribution < 1.29 is 19.4 Å². The molecular formula is C18H16N4O6S. The third-order valence-electron chi connectivity index (χ3n) is 4.07. The van der Waals surface area contributed by atoms with Crippen molar-refractivity contribution in [3.05, 3.63) is 73.1 Å². The van der Waals surface area contributed by atoms with Gasteiger partial charge in [-0.1, -0.05) is 23.5 Å². The molecule has 0 aliphatic rings. The maximum Gasteiger partial charge on any atom is 0.286 e. The summed E-state index contributed by atoms with van der Waals surface area (Å²) >= 11 is 1.10. The quantitative estimate of drug-likeness (QED) is 0.330. The van der Waals surface area contributed by atoms with Crippen LogP contribution in [0.4, 0.5) is 11.4 Å². The summed E-state index contributed by atoms with van der Waals surface area (Å²) in [7, 11) is 0. The van der Waals surface area contributed by atoms with Crippen LogP contribution in [-0.2, 0) is 11.3 Å². The van der Waals surface area contributed by atoms with Gasteiger partial charge in [-0.25, -0.2) is 0 Å². The number of fused-ring (bicyclic) bond motifs is 1. The van der Waals surface area contributed by atoms with E-state index >= 15 is 0 Å². The minimum Gasteiger partial charge on any atom is -0.380 e. The molecule has 0 radical (unpaired) electrons. The van der Waals surface area contributed by atoms with Crippen LogP contribution < -0.4 is 4.80 Å². The highest BCUT2D eigenvalue weighted by Gasteiger charge is 2.19. The summed E-state index contributed by atoms with van der Waals surface area (Å²) in [6.45, 7) is 3.08. The van der Waals surface area contributed by atoms with Crippen LogP contribution in [0.3, 0.4) is 0 Å². The number of nitro benzene ring substituents is 2. The van der Waals surface area contributed by atoms with Crippen molar-refractivity contribution >= 4 is 38.8 Å². The Hall–Kier alpha value is -3.44. The Morgan fingerprint density at radius 2 is 1.93 bits per heavy atom. The second-order valence-electron chi connectivity index (χ2n) is 5.83. The lowest BCUT2D eigenvalue weighted by Gasteiger charge is -2.05. The molecule has 0 N–H and O–H groups in total. The van der Waals surface area contributed by atoms with Crippen LogP contribution in [0.15, 0.2) is 47.5 Å². The first kappa shape index (κ1) is 20.3. The first-order valence-electron chi connectivity index (χ1n) is 8.60. The number of benzene rings is 2. The van der Waals surface area contributed by atoms with Crippen LogP contribution in [-0.4, -0.2) is 33.5 Å². The Bertz CT molecular complexity index is 1170. The fraction of sp³-hybridized carbons (Fsp3) is 0.222. The van der Waals surface area contributed by atoms with E-state index in [1.54, 1.807) is 10.6 Å². The van der Waals surface area contributed by atoms with Crippen LogP contribution in [0.5, 0.6) is 0 Å². The van der Waals surface area contributed by atoms with Gasteiger partial charge < -0.3 is 9.30 Å². The molecule has 0 fully saturated rings. The van der Waals surface area contributed by atoms with E-state index in [1.165, 1.54) is 36.4 Å². The molecule has 1 amide bonds. The molecule has 0 unspecified atom stereocenters. The van der Waals surface area contributed by atoms with Crippen LogP contribution >= 0.6 is 11.3 Å². The van der Waals surface area contributed by atoms with Crippen molar-refractivity contribution in [3.63, 3.8) is 0 Å². The fourth-order valence-corrected chi connectivity index (χ4v) is 3.83. The van der Waals surface area contributed by atoms with Gasteiger partial charge in [-0.05, 0) is 19.1 Å². The molecule has 0 saturated carbocycles. The third-order valence-corrected chi connectivity index (χ3v) is 5.11. The highest BCUT2D eigenvalue weighted by molar-refractivity contribution is 7.16. The number of para-hydroxylation sites is 1. The van der Waals surface area contributed by atoms with Gasteiger partial charge in [-0.2, -0.15) is 4.99 Å². The van der Waals surface area contributed by atoms with E-state index in [0.29, 0.717) is 30.0 Å². The molecule has 11 heteroatoms. The van der Waals surface area contributed by atoms with Gasteiger partial charge in [-0.3, -0.25) is 25.0 Å². The first-order chi connectivity index (χ1) is 13.9. The van der Waals surface area contributed by atoms with Gasteiger partial charge in [0, 0.05) is 31.4 Å². The number of amides is 1. The molecule has 1 aromatic heterocycles. The summed E-state index contributed by atoms with van der Waals surface area (Å²) < 4.78 is 7.66. The Kier molecular flexibility index (Phi) is 6.10. The number of rotatable bonds is 7. The van der Waals surface area contributed by atoms with Crippen molar-refractivity contribution in [3.8, 4) is 0 Å². The molecule has 3 rings (SSSR count). The molecule has 150 valence electrons. The Labute approximate surface area is 168 Å². The lowest BCUT2D eigenvalue weighted by Crippen LogP contribution is -2.20. The summed E-state index contributed by atoms with van der Waals surface area (Å²) in [5.74, 6) is -0.761. The van der Waals surface area contributed by atoms with Crippen molar-refractivity contribution in [2.45, 2.75) is 13.5 Å². The standard InChI is InChI=1S/C18H16N4O6S/c1-2-28-10-9-20-15-8-7-12(21(24)25)11-16(15)29-18(20)19-17(23)13-5-3-4-6-14(13)22(26)27/h3-8,11H,2,9-10H2,1H3. The van der Waals surface area contributed by atoms with Gasteiger partial charge in [0.25, 0.3) is 17.3 Å². The monoisotopic (exact) mass is 416 g/mol. The largest absolute Gasteiger partial charge is 0.380 e. The van der Waals surface area contributed by atoms with Gasteiger partial charge in [0.1, 0.15) is 5.56 Å². The molecule has 29 heavy (non-hydrogen) atoms. The van der Waals surface area contributed by atoms with E-state index in [4.69, 9.17) is 4.74 Å². The van der Waals surface area contributed by atoms with Crippen LogP contribution in [0.1, 0.15) is 17.3 Å². The summed E-state index contributed by atoms with van der Waals surface area (Å²) in [5.41, 5.74) is 0.123. The summed E-state index contributed by atoms with van der Waals surface area (Å²) in [6.07, 6.45) is 0. The lowest BCUT2D eigenvalue weighted by atomic mass is 10.2. The van der Waals surface area contributed by atoms with Crippen molar-refractivity contribution in [2.24, 2.45) is 4.99 Å². The number of hydrogen-bond donors (Lipinski definition) is 0. The van der Waals surface area contributed by atoms with Crippen molar-refractivity contribution in [2.75, 3.05) is 13.2 Å². The molecule has 0 bridgehead atoms. The maximum absolute atomic E-state index is 12.7. The number of hydrogen-bond acceptors (Lipinski definition) is 7. The number of nitrogens with zero attached hydrogens (tertiary/aromatic N) is 4. The smallest absolute Gasteiger partial charge is 0.286 e. The van der Waals surface area contributed by atoms with Crippen LogP contribution in [0, 0.1) is 20.2 Å². The number of thiazole rings is 1. The number of carbonyl (C=O) groups is 1. The second kappa shape index (κ2) is 8.71. The number of aromatic nitrogens is 1. The highest BCUT2D eigenvalue weighted by atomic mass is 32.1. The Morgan fingerprint density at radius 1 is 1.17 bits per heavy atom. The zero-order chi connectivity index (χ0) is 21.0. The molecule has 0 spiro atoms. The topological polar surface area (TPSA) is 130 Å². The van der Waals surface area contributed by atoms with Gasteiger partial charge in [0.05, 0.1) is 26.7 Å². The van der Waals surface area contributed by atoms with Crippen molar-refractivity contribution in [1.82, 2.24) is 4.57 Å². The van der Waals surface area contributed by atoms with E-state index in [1.807, 2.05) is 6.92 Å². The van der Waals surface area contributed by atoms with Gasteiger partial charge in [0.15, 0.2) is 4.80 Å². The van der Waals surface area contributed by atoms with Crippen molar-refractivity contribution in [1.29, 1.82) is 0 Å². The molecular weight excluding hydrogens is 400 g/mol. The normalized spacial score (nSPS) is 11.7. The Balaban J connectivity index is 2.13. The second-order valence-corrected chi connectivity index (χ2v) is 6.84.